The molecule has 1 aromatic rings. The fourth-order valence-corrected chi connectivity index (χ4v) is 2.01. The number of carbonyl (C=O) groups excluding carboxylic acids is 1. The van der Waals surface area contributed by atoms with E-state index in [1.165, 1.54) is 19.9 Å². The van der Waals surface area contributed by atoms with Crippen molar-refractivity contribution in [3.05, 3.63) is 34.9 Å². The lowest BCUT2D eigenvalue weighted by Crippen LogP contribution is -2.40. The second kappa shape index (κ2) is 6.78. The number of halogens is 3. The Hall–Kier alpha value is -1.76. The number of aliphatic hydroxyl groups excluding tert-OH is 1. The molecule has 0 aliphatic carbocycles. The highest BCUT2D eigenvalue weighted by atomic mass is 19.4. The summed E-state index contributed by atoms with van der Waals surface area (Å²) in [7, 11) is 0. The van der Waals surface area contributed by atoms with E-state index in [-0.39, 0.29) is 5.56 Å². The molecule has 1 aromatic carbocycles. The molecule has 0 radical (unpaired) electrons. The molecular formula is C16H22F3NO3. The second-order valence-corrected chi connectivity index (χ2v) is 6.51. The van der Waals surface area contributed by atoms with Crippen LogP contribution in [-0.4, -0.2) is 22.8 Å². The highest BCUT2D eigenvalue weighted by molar-refractivity contribution is 5.68. The smallest absolute Gasteiger partial charge is 0.416 e. The third-order valence-electron chi connectivity index (χ3n) is 2.99. The molecule has 0 bridgehead atoms. The van der Waals surface area contributed by atoms with Gasteiger partial charge >= 0.3 is 12.3 Å². The van der Waals surface area contributed by atoms with Crippen LogP contribution in [-0.2, 0) is 10.9 Å². The van der Waals surface area contributed by atoms with Gasteiger partial charge in [0.2, 0.25) is 0 Å². The largest absolute Gasteiger partial charge is 0.444 e. The van der Waals surface area contributed by atoms with Crippen LogP contribution >= 0.6 is 0 Å². The molecule has 0 saturated carbocycles. The maximum atomic E-state index is 12.8. The van der Waals surface area contributed by atoms with Crippen molar-refractivity contribution in [1.82, 2.24) is 5.32 Å². The second-order valence-electron chi connectivity index (χ2n) is 6.51. The molecule has 1 unspecified atom stereocenters. The number of benzene rings is 1. The summed E-state index contributed by atoms with van der Waals surface area (Å²) in [6, 6.07) is 2.52. The quantitative estimate of drug-likeness (QED) is 0.880. The lowest BCUT2D eigenvalue weighted by atomic mass is 9.98. The summed E-state index contributed by atoms with van der Waals surface area (Å²) in [4.78, 5) is 11.7. The monoisotopic (exact) mass is 333 g/mol. The van der Waals surface area contributed by atoms with Gasteiger partial charge in [-0.25, -0.2) is 4.79 Å². The molecule has 1 rings (SSSR count). The van der Waals surface area contributed by atoms with Crippen molar-refractivity contribution in [3.63, 3.8) is 0 Å². The Kier molecular flexibility index (Phi) is 5.69. The fourth-order valence-electron chi connectivity index (χ4n) is 2.01. The van der Waals surface area contributed by atoms with Crippen LogP contribution in [0.15, 0.2) is 18.2 Å². The maximum absolute atomic E-state index is 12.8. The van der Waals surface area contributed by atoms with Gasteiger partial charge in [0.15, 0.2) is 0 Å². The third kappa shape index (κ3) is 6.09. The third-order valence-corrected chi connectivity index (χ3v) is 2.99. The van der Waals surface area contributed by atoms with E-state index in [1.807, 2.05) is 0 Å². The van der Waals surface area contributed by atoms with E-state index in [4.69, 9.17) is 4.74 Å². The summed E-state index contributed by atoms with van der Waals surface area (Å²) in [6.45, 7) is 8.05. The summed E-state index contributed by atoms with van der Waals surface area (Å²) < 4.78 is 43.6. The van der Waals surface area contributed by atoms with Gasteiger partial charge in [0.25, 0.3) is 0 Å². The standard InChI is InChI=1S/C16H22F3NO3/c1-9-6-11(8-12(7-9)16(17,18)19)13(21)10(2)20-14(22)23-15(3,4)5/h6-8,10,13,21H,1-5H3,(H,20,22)/t10-,13?/m0/s1. The van der Waals surface area contributed by atoms with Crippen molar-refractivity contribution in [2.45, 2.75) is 58.5 Å². The number of nitrogens with one attached hydrogen (secondary N) is 1. The molecule has 0 heterocycles. The van der Waals surface area contributed by atoms with Crippen molar-refractivity contribution in [2.75, 3.05) is 0 Å². The van der Waals surface area contributed by atoms with Crippen LogP contribution in [0.2, 0.25) is 0 Å². The summed E-state index contributed by atoms with van der Waals surface area (Å²) in [5.74, 6) is 0. The van der Waals surface area contributed by atoms with Crippen LogP contribution in [0.5, 0.6) is 0 Å². The average Bonchev–Trinajstić information content (AvgIpc) is 2.33. The number of aliphatic hydroxyl groups is 1. The first-order valence-electron chi connectivity index (χ1n) is 7.16. The first kappa shape index (κ1) is 19.3. The summed E-state index contributed by atoms with van der Waals surface area (Å²) in [6.07, 6.45) is -6.53. The van der Waals surface area contributed by atoms with Gasteiger partial charge in [-0.3, -0.25) is 0 Å². The molecule has 130 valence electrons. The molecule has 0 fully saturated rings. The van der Waals surface area contributed by atoms with E-state index >= 15 is 0 Å². The van der Waals surface area contributed by atoms with Gasteiger partial charge < -0.3 is 15.2 Å². The van der Waals surface area contributed by atoms with Gasteiger partial charge in [-0.15, -0.1) is 0 Å². The van der Waals surface area contributed by atoms with Gasteiger partial charge in [0, 0.05) is 0 Å². The molecule has 1 amide bonds. The zero-order chi connectivity index (χ0) is 18.0. The highest BCUT2D eigenvalue weighted by Gasteiger charge is 2.32. The number of carbonyl (C=O) groups is 1. The van der Waals surface area contributed by atoms with Crippen molar-refractivity contribution >= 4 is 6.09 Å². The van der Waals surface area contributed by atoms with Gasteiger partial charge in [0.1, 0.15) is 5.60 Å². The van der Waals surface area contributed by atoms with Gasteiger partial charge in [-0.1, -0.05) is 11.6 Å². The Morgan fingerprint density at radius 2 is 1.78 bits per heavy atom. The number of rotatable bonds is 3. The van der Waals surface area contributed by atoms with Gasteiger partial charge in [0.05, 0.1) is 17.7 Å². The predicted molar refractivity (Wildman–Crippen MR) is 80.0 cm³/mol. The Morgan fingerprint density at radius 3 is 2.26 bits per heavy atom. The molecule has 0 aliphatic rings. The number of hydrogen-bond donors (Lipinski definition) is 2. The van der Waals surface area contributed by atoms with E-state index < -0.39 is 35.6 Å². The van der Waals surface area contributed by atoms with Crippen LogP contribution in [0, 0.1) is 6.92 Å². The minimum absolute atomic E-state index is 0.0842. The number of alkyl carbamates (subject to hydrolysis) is 1. The fraction of sp³-hybridized carbons (Fsp3) is 0.562. The first-order valence-corrected chi connectivity index (χ1v) is 7.16. The SMILES string of the molecule is Cc1cc(C(O)[C@H](C)NC(=O)OC(C)(C)C)cc(C(F)(F)F)c1. The Bertz CT molecular complexity index is 565. The molecular weight excluding hydrogens is 311 g/mol. The van der Waals surface area contributed by atoms with E-state index in [1.54, 1.807) is 20.8 Å². The minimum atomic E-state index is -4.50. The van der Waals surface area contributed by atoms with Crippen LogP contribution < -0.4 is 5.32 Å². The Balaban J connectivity index is 2.90. The van der Waals surface area contributed by atoms with Crippen LogP contribution in [0.4, 0.5) is 18.0 Å². The Labute approximate surface area is 133 Å². The van der Waals surface area contributed by atoms with Crippen molar-refractivity contribution in [3.8, 4) is 0 Å². The highest BCUT2D eigenvalue weighted by Crippen LogP contribution is 2.32. The average molecular weight is 333 g/mol. The summed E-state index contributed by atoms with van der Waals surface area (Å²) >= 11 is 0. The molecule has 0 aromatic heterocycles. The van der Waals surface area contributed by atoms with Crippen LogP contribution in [0.25, 0.3) is 0 Å². The molecule has 2 atom stereocenters. The van der Waals surface area contributed by atoms with E-state index in [9.17, 15) is 23.1 Å². The lowest BCUT2D eigenvalue weighted by Gasteiger charge is -2.25. The van der Waals surface area contributed by atoms with Crippen LogP contribution in [0.3, 0.4) is 0 Å². The van der Waals surface area contributed by atoms with Crippen LogP contribution in [0.1, 0.15) is 50.5 Å². The van der Waals surface area contributed by atoms with Gasteiger partial charge in [-0.2, -0.15) is 13.2 Å². The zero-order valence-electron chi connectivity index (χ0n) is 13.8. The number of amides is 1. The number of aryl methyl sites for hydroxylation is 1. The molecule has 7 heteroatoms. The van der Waals surface area contributed by atoms with E-state index in [0.717, 1.165) is 12.1 Å². The molecule has 4 nitrogen and oxygen atoms in total. The van der Waals surface area contributed by atoms with Crippen molar-refractivity contribution in [1.29, 1.82) is 0 Å². The molecule has 0 saturated heterocycles. The first-order chi connectivity index (χ1) is 10.3. The minimum Gasteiger partial charge on any atom is -0.444 e. The summed E-state index contributed by atoms with van der Waals surface area (Å²) in [5.41, 5.74) is -1.09. The molecule has 23 heavy (non-hydrogen) atoms. The predicted octanol–water partition coefficient (Wildman–Crippen LogP) is 3.96. The Morgan fingerprint density at radius 1 is 1.22 bits per heavy atom. The molecule has 0 aliphatic heterocycles. The number of hydrogen-bond acceptors (Lipinski definition) is 3. The number of alkyl halides is 3. The molecule has 2 N–H and O–H groups in total. The van der Waals surface area contributed by atoms with Crippen molar-refractivity contribution < 1.29 is 27.8 Å². The maximum Gasteiger partial charge on any atom is 0.416 e. The normalized spacial score (nSPS) is 15.0. The van der Waals surface area contributed by atoms with Gasteiger partial charge in [-0.05, 0) is 52.3 Å². The zero-order valence-corrected chi connectivity index (χ0v) is 13.8. The summed E-state index contributed by atoms with van der Waals surface area (Å²) in [5, 5.41) is 12.6. The topological polar surface area (TPSA) is 58.6 Å². The molecule has 0 spiro atoms. The number of ether oxygens (including phenoxy) is 1. The lowest BCUT2D eigenvalue weighted by molar-refractivity contribution is -0.137. The van der Waals surface area contributed by atoms with E-state index in [0.29, 0.717) is 5.56 Å². The van der Waals surface area contributed by atoms with Crippen molar-refractivity contribution in [2.24, 2.45) is 0 Å². The van der Waals surface area contributed by atoms with E-state index in [2.05, 4.69) is 5.32 Å².